The minimum atomic E-state index is -0.292. The molecule has 1 saturated carbocycles. The fraction of sp³-hybridized carbons (Fsp3) is 0.474. The summed E-state index contributed by atoms with van der Waals surface area (Å²) in [6.07, 6.45) is 6.09. The highest BCUT2D eigenvalue weighted by atomic mass is 16.5. The second-order valence-electron chi connectivity index (χ2n) is 7.59. The minimum absolute atomic E-state index is 0.0472. The lowest BCUT2D eigenvalue weighted by atomic mass is 9.95. The quantitative estimate of drug-likeness (QED) is 0.852. The molecule has 8 nitrogen and oxygen atoms in total. The number of hydrogen-bond donors (Lipinski definition) is 2. The predicted octanol–water partition coefficient (Wildman–Crippen LogP) is 1.83. The molecule has 2 amide bonds. The lowest BCUT2D eigenvalue weighted by molar-refractivity contribution is 0.0705. The van der Waals surface area contributed by atoms with Gasteiger partial charge in [0.2, 0.25) is 5.76 Å². The first-order valence-electron chi connectivity index (χ1n) is 9.36. The maximum Gasteiger partial charge on any atom is 0.290 e. The van der Waals surface area contributed by atoms with Gasteiger partial charge in [-0.3, -0.25) is 9.59 Å². The molecule has 140 valence electrons. The Hall–Kier alpha value is -2.90. The van der Waals surface area contributed by atoms with Crippen LogP contribution in [0.5, 0.6) is 5.75 Å². The fourth-order valence-electron chi connectivity index (χ4n) is 4.35. The Balaban J connectivity index is 1.30. The third kappa shape index (κ3) is 2.75. The highest BCUT2D eigenvalue weighted by Crippen LogP contribution is 2.40. The van der Waals surface area contributed by atoms with E-state index in [-0.39, 0.29) is 47.1 Å². The van der Waals surface area contributed by atoms with Crippen LogP contribution in [0, 0.1) is 0 Å². The van der Waals surface area contributed by atoms with Gasteiger partial charge in [0.15, 0.2) is 5.69 Å². The molecule has 2 aromatic rings. The highest BCUT2D eigenvalue weighted by molar-refractivity contribution is 5.96. The van der Waals surface area contributed by atoms with Crippen LogP contribution >= 0.6 is 0 Å². The fourth-order valence-corrected chi connectivity index (χ4v) is 4.35. The standard InChI is InChI=1S/C19H20N4O4/c24-15-2-1-7-20-17(15)19(26)23-11-5-6-14(23)13(8-11)21-18(25)16-9-12(22-27-16)10-3-4-10/h1-2,7,9-11,13-14,24H,3-6,8H2,(H,21,25)/t11-,13-,14+/m1/s1. The van der Waals surface area contributed by atoms with Crippen molar-refractivity contribution in [3.63, 3.8) is 0 Å². The average molecular weight is 368 g/mol. The normalized spacial score (nSPS) is 26.4. The summed E-state index contributed by atoms with van der Waals surface area (Å²) in [5.74, 6) is -0.0476. The zero-order chi connectivity index (χ0) is 18.5. The lowest BCUT2D eigenvalue weighted by Gasteiger charge is -2.24. The van der Waals surface area contributed by atoms with Crippen LogP contribution in [0.15, 0.2) is 28.9 Å². The van der Waals surface area contributed by atoms with Crippen molar-refractivity contribution in [1.29, 1.82) is 0 Å². The van der Waals surface area contributed by atoms with E-state index in [2.05, 4.69) is 15.5 Å². The molecule has 3 fully saturated rings. The molecule has 2 bridgehead atoms. The Kier molecular flexibility index (Phi) is 3.66. The van der Waals surface area contributed by atoms with E-state index in [1.165, 1.54) is 12.3 Å². The predicted molar refractivity (Wildman–Crippen MR) is 93.2 cm³/mol. The van der Waals surface area contributed by atoms with Crippen molar-refractivity contribution in [2.75, 3.05) is 0 Å². The van der Waals surface area contributed by atoms with Crippen molar-refractivity contribution < 1.29 is 19.2 Å². The number of aromatic nitrogens is 2. The molecule has 5 rings (SSSR count). The summed E-state index contributed by atoms with van der Waals surface area (Å²) in [6.45, 7) is 0. The average Bonchev–Trinajstić information content (AvgIpc) is 3.13. The third-order valence-electron chi connectivity index (χ3n) is 5.82. The molecular formula is C19H20N4O4. The molecule has 0 aromatic carbocycles. The molecule has 0 spiro atoms. The summed E-state index contributed by atoms with van der Waals surface area (Å²) < 4.78 is 5.19. The number of rotatable bonds is 4. The summed E-state index contributed by atoms with van der Waals surface area (Å²) in [6, 6.07) is 4.57. The molecule has 27 heavy (non-hydrogen) atoms. The van der Waals surface area contributed by atoms with Crippen molar-refractivity contribution in [3.8, 4) is 5.75 Å². The molecule has 0 radical (unpaired) electrons. The van der Waals surface area contributed by atoms with Gasteiger partial charge in [0, 0.05) is 24.2 Å². The molecule has 3 aliphatic rings. The number of carbonyl (C=O) groups excluding carboxylic acids is 2. The summed E-state index contributed by atoms with van der Waals surface area (Å²) in [7, 11) is 0. The Morgan fingerprint density at radius 3 is 2.89 bits per heavy atom. The van der Waals surface area contributed by atoms with Crippen LogP contribution in [0.4, 0.5) is 0 Å². The van der Waals surface area contributed by atoms with Crippen LogP contribution < -0.4 is 5.32 Å². The first-order valence-corrected chi connectivity index (χ1v) is 9.36. The Labute approximate surface area is 155 Å². The van der Waals surface area contributed by atoms with Gasteiger partial charge in [-0.15, -0.1) is 0 Å². The molecular weight excluding hydrogens is 348 g/mol. The highest BCUT2D eigenvalue weighted by Gasteiger charge is 2.50. The van der Waals surface area contributed by atoms with Crippen LogP contribution in [-0.4, -0.2) is 50.1 Å². The first kappa shape index (κ1) is 16.3. The molecule has 2 aliphatic heterocycles. The van der Waals surface area contributed by atoms with E-state index in [0.717, 1.165) is 31.4 Å². The van der Waals surface area contributed by atoms with Crippen LogP contribution in [0.2, 0.25) is 0 Å². The van der Waals surface area contributed by atoms with Gasteiger partial charge in [0.25, 0.3) is 11.8 Å². The summed E-state index contributed by atoms with van der Waals surface area (Å²) in [5.41, 5.74) is 0.904. The molecule has 3 atom stereocenters. The minimum Gasteiger partial charge on any atom is -0.505 e. The number of pyridine rings is 1. The lowest BCUT2D eigenvalue weighted by Crippen LogP contribution is -2.45. The van der Waals surface area contributed by atoms with Gasteiger partial charge >= 0.3 is 0 Å². The maximum atomic E-state index is 12.9. The number of nitrogens with one attached hydrogen (secondary N) is 1. The number of aromatic hydroxyl groups is 1. The number of carbonyl (C=O) groups is 2. The second kappa shape index (κ2) is 6.07. The van der Waals surface area contributed by atoms with Crippen LogP contribution in [0.25, 0.3) is 0 Å². The number of fused-ring (bicyclic) bond motifs is 2. The van der Waals surface area contributed by atoms with Crippen LogP contribution in [-0.2, 0) is 0 Å². The van der Waals surface area contributed by atoms with E-state index in [1.54, 1.807) is 17.0 Å². The molecule has 2 N–H and O–H groups in total. The second-order valence-corrected chi connectivity index (χ2v) is 7.59. The van der Waals surface area contributed by atoms with Crippen LogP contribution in [0.3, 0.4) is 0 Å². The Morgan fingerprint density at radius 1 is 1.26 bits per heavy atom. The number of hydrogen-bond acceptors (Lipinski definition) is 6. The maximum absolute atomic E-state index is 12.9. The monoisotopic (exact) mass is 368 g/mol. The molecule has 4 heterocycles. The van der Waals surface area contributed by atoms with E-state index in [4.69, 9.17) is 4.52 Å². The molecule has 8 heteroatoms. The van der Waals surface area contributed by atoms with E-state index < -0.39 is 0 Å². The molecule has 2 saturated heterocycles. The largest absolute Gasteiger partial charge is 0.505 e. The molecule has 0 unspecified atom stereocenters. The SMILES string of the molecule is O=C(N[C@@H]1C[C@H]2CC[C@@H]1N2C(=O)c1ncccc1O)c1cc(C2CC2)no1. The smallest absolute Gasteiger partial charge is 0.290 e. The van der Waals surface area contributed by atoms with Gasteiger partial charge in [0.1, 0.15) is 5.75 Å². The van der Waals surface area contributed by atoms with Crippen molar-refractivity contribution in [2.24, 2.45) is 0 Å². The van der Waals surface area contributed by atoms with E-state index in [1.807, 2.05) is 0 Å². The van der Waals surface area contributed by atoms with Gasteiger partial charge in [-0.1, -0.05) is 5.16 Å². The zero-order valence-electron chi connectivity index (χ0n) is 14.7. The summed E-state index contributed by atoms with van der Waals surface area (Å²) in [4.78, 5) is 31.2. The van der Waals surface area contributed by atoms with Gasteiger partial charge in [0.05, 0.1) is 17.8 Å². The third-order valence-corrected chi connectivity index (χ3v) is 5.82. The summed E-state index contributed by atoms with van der Waals surface area (Å²) in [5, 5.41) is 16.9. The van der Waals surface area contributed by atoms with E-state index >= 15 is 0 Å². The van der Waals surface area contributed by atoms with Crippen molar-refractivity contribution >= 4 is 11.8 Å². The number of amides is 2. The molecule has 1 aliphatic carbocycles. The van der Waals surface area contributed by atoms with E-state index in [9.17, 15) is 14.7 Å². The van der Waals surface area contributed by atoms with Gasteiger partial charge < -0.3 is 19.8 Å². The van der Waals surface area contributed by atoms with Crippen molar-refractivity contribution in [2.45, 2.75) is 56.1 Å². The summed E-state index contributed by atoms with van der Waals surface area (Å²) >= 11 is 0. The van der Waals surface area contributed by atoms with Crippen LogP contribution in [0.1, 0.15) is 64.8 Å². The Morgan fingerprint density at radius 2 is 2.11 bits per heavy atom. The first-order chi connectivity index (χ1) is 13.1. The number of nitrogens with zero attached hydrogens (tertiary/aromatic N) is 3. The van der Waals surface area contributed by atoms with E-state index in [0.29, 0.717) is 12.3 Å². The van der Waals surface area contributed by atoms with Crippen molar-refractivity contribution in [1.82, 2.24) is 20.4 Å². The van der Waals surface area contributed by atoms with Crippen molar-refractivity contribution in [3.05, 3.63) is 41.5 Å². The molecule has 2 aromatic heterocycles. The topological polar surface area (TPSA) is 109 Å². The zero-order valence-corrected chi connectivity index (χ0v) is 14.7. The van der Waals surface area contributed by atoms with Gasteiger partial charge in [-0.25, -0.2) is 4.98 Å². The van der Waals surface area contributed by atoms with Gasteiger partial charge in [-0.05, 0) is 44.2 Å². The Bertz CT molecular complexity index is 907. The van der Waals surface area contributed by atoms with Gasteiger partial charge in [-0.2, -0.15) is 0 Å².